The van der Waals surface area contributed by atoms with E-state index in [0.717, 1.165) is 6.33 Å². The summed E-state index contributed by atoms with van der Waals surface area (Å²) >= 11 is 0. The minimum atomic E-state index is -0.480. The molecule has 0 fully saturated rings. The van der Waals surface area contributed by atoms with Gasteiger partial charge in [-0.05, 0) is 12.1 Å². The van der Waals surface area contributed by atoms with Gasteiger partial charge in [-0.1, -0.05) is 0 Å². The number of aliphatic imine (C=N–C) groups is 1. The summed E-state index contributed by atoms with van der Waals surface area (Å²) < 4.78 is 5.00. The lowest BCUT2D eigenvalue weighted by Crippen LogP contribution is -2.09. The number of nitrogens with zero attached hydrogens (tertiary/aromatic N) is 3. The highest BCUT2D eigenvalue weighted by Gasteiger charge is 1.92. The molecule has 6 heteroatoms. The molecule has 2 aromatic heterocycles. The first-order valence-electron chi connectivity index (χ1n) is 3.83. The number of aromatic amines is 1. The Morgan fingerprint density at radius 3 is 3.14 bits per heavy atom. The van der Waals surface area contributed by atoms with Crippen LogP contribution >= 0.6 is 0 Å². The van der Waals surface area contributed by atoms with Crippen LogP contribution in [0, 0.1) is 0 Å². The van der Waals surface area contributed by atoms with E-state index in [1.807, 2.05) is 0 Å². The summed E-state index contributed by atoms with van der Waals surface area (Å²) in [5, 5.41) is 0. The number of hydrogen-bond donors (Lipinski definition) is 1. The van der Waals surface area contributed by atoms with E-state index in [9.17, 15) is 4.79 Å². The highest BCUT2D eigenvalue weighted by molar-refractivity contribution is 5.77. The van der Waals surface area contributed by atoms with Crippen LogP contribution < -0.4 is 5.69 Å². The van der Waals surface area contributed by atoms with Crippen molar-refractivity contribution in [2.45, 2.75) is 0 Å². The van der Waals surface area contributed by atoms with Gasteiger partial charge in [-0.2, -0.15) is 4.98 Å². The monoisotopic (exact) mass is 190 g/mol. The molecule has 0 radical (unpaired) electrons. The van der Waals surface area contributed by atoms with E-state index in [1.165, 1.54) is 12.5 Å². The summed E-state index contributed by atoms with van der Waals surface area (Å²) in [6, 6.07) is 3.48. The Labute approximate surface area is 78.4 Å². The van der Waals surface area contributed by atoms with Crippen molar-refractivity contribution in [3.8, 4) is 0 Å². The molecule has 14 heavy (non-hydrogen) atoms. The molecule has 0 amide bonds. The Kier molecular flexibility index (Phi) is 2.18. The number of furan rings is 1. The van der Waals surface area contributed by atoms with Gasteiger partial charge in [-0.25, -0.2) is 14.8 Å². The van der Waals surface area contributed by atoms with Crippen molar-refractivity contribution in [3.63, 3.8) is 0 Å². The average Bonchev–Trinajstić information content (AvgIpc) is 2.67. The molecule has 0 unspecified atom stereocenters. The van der Waals surface area contributed by atoms with Crippen molar-refractivity contribution in [2.75, 3.05) is 0 Å². The molecule has 0 bridgehead atoms. The molecule has 0 atom stereocenters. The van der Waals surface area contributed by atoms with E-state index in [0.29, 0.717) is 5.76 Å². The van der Waals surface area contributed by atoms with Gasteiger partial charge in [-0.3, -0.25) is 4.98 Å². The SMILES string of the molecule is O=c1ncnc(/N=C/c2ccco2)[nH]1. The minimum absolute atomic E-state index is 0.196. The van der Waals surface area contributed by atoms with E-state index in [1.54, 1.807) is 12.1 Å². The third kappa shape index (κ3) is 1.92. The zero-order chi connectivity index (χ0) is 9.80. The Morgan fingerprint density at radius 1 is 1.50 bits per heavy atom. The van der Waals surface area contributed by atoms with Gasteiger partial charge in [0.25, 0.3) is 0 Å². The van der Waals surface area contributed by atoms with Crippen LogP contribution in [0.1, 0.15) is 5.76 Å². The fourth-order valence-corrected chi connectivity index (χ4v) is 0.851. The van der Waals surface area contributed by atoms with Gasteiger partial charge in [0.2, 0.25) is 5.95 Å². The van der Waals surface area contributed by atoms with Crippen molar-refractivity contribution in [1.29, 1.82) is 0 Å². The lowest BCUT2D eigenvalue weighted by molar-refractivity contribution is 0.560. The van der Waals surface area contributed by atoms with Gasteiger partial charge < -0.3 is 4.42 Å². The normalized spacial score (nSPS) is 10.9. The zero-order valence-corrected chi connectivity index (χ0v) is 7.04. The summed E-state index contributed by atoms with van der Waals surface area (Å²) in [6.07, 6.45) is 4.13. The Hall–Kier alpha value is -2.24. The minimum Gasteiger partial charge on any atom is -0.463 e. The molecule has 2 rings (SSSR count). The Bertz CT molecular complexity index is 486. The van der Waals surface area contributed by atoms with Crippen LogP contribution in [-0.2, 0) is 0 Å². The Morgan fingerprint density at radius 2 is 2.43 bits per heavy atom. The summed E-state index contributed by atoms with van der Waals surface area (Å²) in [5.41, 5.74) is -0.480. The molecule has 0 aliphatic rings. The van der Waals surface area contributed by atoms with Crippen LogP contribution in [-0.4, -0.2) is 21.2 Å². The lowest BCUT2D eigenvalue weighted by Gasteiger charge is -1.88. The number of rotatable bonds is 2. The van der Waals surface area contributed by atoms with Gasteiger partial charge in [0.05, 0.1) is 12.5 Å². The molecular formula is C8H6N4O2. The smallest absolute Gasteiger partial charge is 0.349 e. The second-order valence-electron chi connectivity index (χ2n) is 2.40. The highest BCUT2D eigenvalue weighted by Crippen LogP contribution is 2.00. The summed E-state index contributed by atoms with van der Waals surface area (Å²) in [5.74, 6) is 0.783. The van der Waals surface area contributed by atoms with Crippen molar-refractivity contribution >= 4 is 12.2 Å². The van der Waals surface area contributed by atoms with Crippen LogP contribution in [0.3, 0.4) is 0 Å². The second-order valence-corrected chi connectivity index (χ2v) is 2.40. The van der Waals surface area contributed by atoms with Crippen molar-refractivity contribution in [1.82, 2.24) is 15.0 Å². The molecule has 2 heterocycles. The van der Waals surface area contributed by atoms with E-state index in [4.69, 9.17) is 4.42 Å². The van der Waals surface area contributed by atoms with Crippen molar-refractivity contribution in [2.24, 2.45) is 4.99 Å². The molecule has 0 saturated heterocycles. The fourth-order valence-electron chi connectivity index (χ4n) is 0.851. The number of hydrogen-bond acceptors (Lipinski definition) is 5. The lowest BCUT2D eigenvalue weighted by atomic mass is 10.5. The number of aromatic nitrogens is 3. The fraction of sp³-hybridized carbons (Fsp3) is 0. The third-order valence-corrected chi connectivity index (χ3v) is 1.43. The van der Waals surface area contributed by atoms with Gasteiger partial charge in [0, 0.05) is 0 Å². The van der Waals surface area contributed by atoms with Crippen LogP contribution in [0.25, 0.3) is 0 Å². The van der Waals surface area contributed by atoms with Gasteiger partial charge >= 0.3 is 5.69 Å². The van der Waals surface area contributed by atoms with E-state index >= 15 is 0 Å². The van der Waals surface area contributed by atoms with Crippen molar-refractivity contribution < 1.29 is 4.42 Å². The number of nitrogens with one attached hydrogen (secondary N) is 1. The Balaban J connectivity index is 2.23. The van der Waals surface area contributed by atoms with Crippen LogP contribution in [0.4, 0.5) is 5.95 Å². The standard InChI is InChI=1S/C8H6N4O2/c13-8-11-5-10-7(12-8)9-4-6-2-1-3-14-6/h1-5H,(H,10,11,12,13)/b9-4+. The predicted molar refractivity (Wildman–Crippen MR) is 48.6 cm³/mol. The first-order chi connectivity index (χ1) is 6.84. The molecule has 0 aliphatic heterocycles. The maximum atomic E-state index is 10.7. The highest BCUT2D eigenvalue weighted by atomic mass is 16.3. The summed E-state index contributed by atoms with van der Waals surface area (Å²) in [4.78, 5) is 24.1. The zero-order valence-electron chi connectivity index (χ0n) is 7.04. The molecule has 1 N–H and O–H groups in total. The largest absolute Gasteiger partial charge is 0.463 e. The third-order valence-electron chi connectivity index (χ3n) is 1.43. The van der Waals surface area contributed by atoms with E-state index < -0.39 is 5.69 Å². The summed E-state index contributed by atoms with van der Waals surface area (Å²) in [7, 11) is 0. The molecule has 6 nitrogen and oxygen atoms in total. The first kappa shape index (κ1) is 8.36. The molecule has 0 aromatic carbocycles. The maximum Gasteiger partial charge on any atom is 0.349 e. The molecule has 2 aromatic rings. The first-order valence-corrected chi connectivity index (χ1v) is 3.83. The van der Waals surface area contributed by atoms with Crippen LogP contribution in [0.2, 0.25) is 0 Å². The average molecular weight is 190 g/mol. The summed E-state index contributed by atoms with van der Waals surface area (Å²) in [6.45, 7) is 0. The van der Waals surface area contributed by atoms with Crippen LogP contribution in [0.5, 0.6) is 0 Å². The van der Waals surface area contributed by atoms with Gasteiger partial charge in [0.1, 0.15) is 12.1 Å². The van der Waals surface area contributed by atoms with Crippen LogP contribution in [0.15, 0.2) is 38.9 Å². The maximum absolute atomic E-state index is 10.7. The van der Waals surface area contributed by atoms with Crippen molar-refractivity contribution in [3.05, 3.63) is 41.0 Å². The molecular weight excluding hydrogens is 184 g/mol. The topological polar surface area (TPSA) is 84.1 Å². The molecule has 0 aliphatic carbocycles. The molecule has 0 spiro atoms. The molecule has 0 saturated carbocycles. The van der Waals surface area contributed by atoms with Gasteiger partial charge in [-0.15, -0.1) is 0 Å². The molecule has 70 valence electrons. The second kappa shape index (κ2) is 3.65. The quantitative estimate of drug-likeness (QED) is 0.699. The van der Waals surface area contributed by atoms with Gasteiger partial charge in [0.15, 0.2) is 0 Å². The predicted octanol–water partition coefficient (Wildman–Crippen LogP) is 0.508. The van der Waals surface area contributed by atoms with E-state index in [2.05, 4.69) is 19.9 Å². The number of H-pyrrole nitrogens is 1. The van der Waals surface area contributed by atoms with E-state index in [-0.39, 0.29) is 5.95 Å².